The van der Waals surface area contributed by atoms with Crippen LogP contribution >= 0.6 is 45.3 Å². The lowest BCUT2D eigenvalue weighted by Crippen LogP contribution is -1.70. The fourth-order valence-electron chi connectivity index (χ4n) is 1.98. The number of aromatic nitrogens is 2. The molecule has 4 aromatic rings. The van der Waals surface area contributed by atoms with Gasteiger partial charge in [-0.2, -0.15) is 0 Å². The summed E-state index contributed by atoms with van der Waals surface area (Å²) in [4.78, 5) is 15.6. The molecule has 0 N–H and O–H groups in total. The van der Waals surface area contributed by atoms with E-state index in [9.17, 15) is 0 Å². The summed E-state index contributed by atoms with van der Waals surface area (Å²) in [5.41, 5.74) is 0. The Bertz CT molecular complexity index is 1030. The Morgan fingerprint density at radius 3 is 1.46 bits per heavy atom. The maximum atomic E-state index is 4.55. The third-order valence-electron chi connectivity index (χ3n) is 3.04. The molecule has 4 aromatic heterocycles. The van der Waals surface area contributed by atoms with Crippen LogP contribution in [0.5, 0.6) is 0 Å². The van der Waals surface area contributed by atoms with Crippen LogP contribution in [-0.4, -0.2) is 9.97 Å². The number of hydrogen-bond acceptors (Lipinski definition) is 6. The number of hydrogen-bond donors (Lipinski definition) is 0. The highest BCUT2D eigenvalue weighted by Crippen LogP contribution is 2.26. The SMILES string of the molecule is Cc1ccc(C#Cc2nc3sc(C#Cc4ccc(C)s4)nc3s2)s1. The summed E-state index contributed by atoms with van der Waals surface area (Å²) < 4.78 is 0. The highest BCUT2D eigenvalue weighted by Gasteiger charge is 2.08. The third kappa shape index (κ3) is 3.43. The van der Waals surface area contributed by atoms with Crippen molar-refractivity contribution in [1.29, 1.82) is 0 Å². The molecule has 0 amide bonds. The highest BCUT2D eigenvalue weighted by molar-refractivity contribution is 7.26. The summed E-state index contributed by atoms with van der Waals surface area (Å²) >= 11 is 6.44. The molecule has 0 saturated heterocycles. The van der Waals surface area contributed by atoms with Crippen LogP contribution in [0.25, 0.3) is 9.66 Å². The fourth-order valence-corrected chi connectivity index (χ4v) is 5.17. The van der Waals surface area contributed by atoms with Gasteiger partial charge in [0.25, 0.3) is 0 Å². The van der Waals surface area contributed by atoms with Crippen LogP contribution in [0.1, 0.15) is 29.5 Å². The van der Waals surface area contributed by atoms with Crippen molar-refractivity contribution in [2.45, 2.75) is 13.8 Å². The van der Waals surface area contributed by atoms with E-state index in [4.69, 9.17) is 0 Å². The van der Waals surface area contributed by atoms with E-state index in [2.05, 4.69) is 59.6 Å². The summed E-state index contributed by atoms with van der Waals surface area (Å²) in [6, 6.07) is 8.25. The van der Waals surface area contributed by atoms with Gasteiger partial charge in [0.05, 0.1) is 9.75 Å². The van der Waals surface area contributed by atoms with Gasteiger partial charge in [0, 0.05) is 9.75 Å². The van der Waals surface area contributed by atoms with Gasteiger partial charge in [0.2, 0.25) is 0 Å². The molecule has 0 spiro atoms. The minimum Gasteiger partial charge on any atom is -0.215 e. The predicted molar refractivity (Wildman–Crippen MR) is 105 cm³/mol. The second-order valence-corrected chi connectivity index (χ2v) is 9.50. The quantitative estimate of drug-likeness (QED) is 0.386. The van der Waals surface area contributed by atoms with Gasteiger partial charge < -0.3 is 0 Å². The first-order chi connectivity index (χ1) is 11.7. The molecule has 0 aliphatic carbocycles. The predicted octanol–water partition coefficient (Wildman–Crippen LogP) is 5.29. The summed E-state index contributed by atoms with van der Waals surface area (Å²) in [7, 11) is 0. The molecular formula is C18H10N2S4. The standard InChI is InChI=1S/C18H10N2S4/c1-11-3-5-13(21-11)7-9-15-19-17-18(23-15)20-16(24-17)10-8-14-6-4-12(2)22-14/h3-6H,1-2H3. The van der Waals surface area contributed by atoms with E-state index in [1.165, 1.54) is 32.4 Å². The molecule has 0 aliphatic heterocycles. The Kier molecular flexibility index (Phi) is 4.22. The van der Waals surface area contributed by atoms with Crippen molar-refractivity contribution in [3.63, 3.8) is 0 Å². The van der Waals surface area contributed by atoms with Crippen molar-refractivity contribution in [1.82, 2.24) is 9.97 Å². The van der Waals surface area contributed by atoms with Crippen molar-refractivity contribution in [3.05, 3.63) is 53.8 Å². The molecule has 0 unspecified atom stereocenters. The number of thiazole rings is 2. The molecular weight excluding hydrogens is 372 g/mol. The molecule has 0 aromatic carbocycles. The highest BCUT2D eigenvalue weighted by atomic mass is 32.1. The van der Waals surface area contributed by atoms with Crippen LogP contribution in [0.3, 0.4) is 0 Å². The zero-order valence-electron chi connectivity index (χ0n) is 12.8. The first-order valence-corrected chi connectivity index (χ1v) is 10.4. The van der Waals surface area contributed by atoms with Gasteiger partial charge in [-0.1, -0.05) is 22.7 Å². The Labute approximate surface area is 155 Å². The van der Waals surface area contributed by atoms with E-state index >= 15 is 0 Å². The molecule has 6 heteroatoms. The van der Waals surface area contributed by atoms with Crippen LogP contribution in [0, 0.1) is 37.5 Å². The molecule has 24 heavy (non-hydrogen) atoms. The van der Waals surface area contributed by atoms with Gasteiger partial charge in [-0.05, 0) is 61.8 Å². The average molecular weight is 383 g/mol. The third-order valence-corrected chi connectivity index (χ3v) is 6.73. The minimum absolute atomic E-state index is 0.809. The Morgan fingerprint density at radius 1 is 0.625 bits per heavy atom. The molecule has 0 fully saturated rings. The molecule has 4 heterocycles. The Hall–Kier alpha value is -1.96. The number of nitrogens with zero attached hydrogens (tertiary/aromatic N) is 2. The number of fused-ring (bicyclic) bond motifs is 1. The van der Waals surface area contributed by atoms with E-state index in [1.807, 2.05) is 12.1 Å². The zero-order valence-corrected chi connectivity index (χ0v) is 16.1. The molecule has 0 bridgehead atoms. The van der Waals surface area contributed by atoms with Gasteiger partial charge in [-0.15, -0.1) is 22.7 Å². The molecule has 0 aliphatic rings. The largest absolute Gasteiger partial charge is 0.215 e. The lowest BCUT2D eigenvalue weighted by molar-refractivity contribution is 1.46. The molecule has 0 saturated carbocycles. The van der Waals surface area contributed by atoms with Crippen molar-refractivity contribution < 1.29 is 0 Å². The summed E-state index contributed by atoms with van der Waals surface area (Å²) in [5.74, 6) is 12.6. The van der Waals surface area contributed by atoms with E-state index in [0.29, 0.717) is 0 Å². The first kappa shape index (κ1) is 15.6. The van der Waals surface area contributed by atoms with Crippen LogP contribution in [-0.2, 0) is 0 Å². The molecule has 116 valence electrons. The number of aryl methyl sites for hydroxylation is 2. The Morgan fingerprint density at radius 2 is 1.08 bits per heavy atom. The fraction of sp³-hybridized carbons (Fsp3) is 0.111. The lowest BCUT2D eigenvalue weighted by Gasteiger charge is -1.79. The van der Waals surface area contributed by atoms with E-state index < -0.39 is 0 Å². The van der Waals surface area contributed by atoms with Crippen molar-refractivity contribution in [2.24, 2.45) is 0 Å². The van der Waals surface area contributed by atoms with Crippen LogP contribution < -0.4 is 0 Å². The maximum absolute atomic E-state index is 4.55. The second kappa shape index (κ2) is 6.51. The van der Waals surface area contributed by atoms with E-state index in [1.54, 1.807) is 22.7 Å². The molecule has 2 nitrogen and oxygen atoms in total. The van der Waals surface area contributed by atoms with Gasteiger partial charge >= 0.3 is 0 Å². The van der Waals surface area contributed by atoms with E-state index in [-0.39, 0.29) is 0 Å². The summed E-state index contributed by atoms with van der Waals surface area (Å²) in [5, 5.41) is 1.62. The molecule has 0 radical (unpaired) electrons. The van der Waals surface area contributed by atoms with Crippen LogP contribution in [0.2, 0.25) is 0 Å². The van der Waals surface area contributed by atoms with Crippen molar-refractivity contribution in [3.8, 4) is 23.7 Å². The molecule has 4 rings (SSSR count). The summed E-state index contributed by atoms with van der Waals surface area (Å²) in [6.45, 7) is 4.17. The van der Waals surface area contributed by atoms with Gasteiger partial charge in [-0.25, -0.2) is 9.97 Å². The minimum atomic E-state index is 0.809. The Balaban J connectivity index is 1.57. The maximum Gasteiger partial charge on any atom is 0.170 e. The molecule has 0 atom stereocenters. The monoisotopic (exact) mass is 382 g/mol. The van der Waals surface area contributed by atoms with Crippen LogP contribution in [0.15, 0.2) is 24.3 Å². The van der Waals surface area contributed by atoms with Gasteiger partial charge in [0.15, 0.2) is 19.7 Å². The van der Waals surface area contributed by atoms with Crippen molar-refractivity contribution >= 4 is 55.0 Å². The lowest BCUT2D eigenvalue weighted by atomic mass is 10.4. The normalized spacial score (nSPS) is 10.2. The first-order valence-electron chi connectivity index (χ1n) is 7.10. The number of thiophene rings is 2. The number of rotatable bonds is 0. The van der Waals surface area contributed by atoms with Gasteiger partial charge in [0.1, 0.15) is 0 Å². The van der Waals surface area contributed by atoms with Crippen LogP contribution in [0.4, 0.5) is 0 Å². The van der Waals surface area contributed by atoms with Gasteiger partial charge in [-0.3, -0.25) is 0 Å². The smallest absolute Gasteiger partial charge is 0.170 e. The summed E-state index contributed by atoms with van der Waals surface area (Å²) in [6.07, 6.45) is 0. The van der Waals surface area contributed by atoms with E-state index in [0.717, 1.165) is 29.4 Å². The van der Waals surface area contributed by atoms with Crippen molar-refractivity contribution in [2.75, 3.05) is 0 Å². The topological polar surface area (TPSA) is 25.8 Å². The average Bonchev–Trinajstić information content (AvgIpc) is 3.28. The second-order valence-electron chi connectivity index (χ2n) is 4.97. The zero-order chi connectivity index (χ0) is 16.5.